The number of halogens is 2. The van der Waals surface area contributed by atoms with Gasteiger partial charge in [-0.25, -0.2) is 13.3 Å². The van der Waals surface area contributed by atoms with E-state index < -0.39 is 18.0 Å². The fourth-order valence-corrected chi connectivity index (χ4v) is 3.67. The highest BCUT2D eigenvalue weighted by atomic mass is 19.1. The first-order valence-electron chi connectivity index (χ1n) is 10.0. The molecule has 0 radical (unpaired) electrons. The first-order chi connectivity index (χ1) is 16.0. The Hall–Kier alpha value is -4.18. The molecule has 0 aliphatic rings. The molecule has 0 fully saturated rings. The van der Waals surface area contributed by atoms with Gasteiger partial charge in [0.25, 0.3) is 5.56 Å². The number of aliphatic hydroxyl groups excluding tert-OH is 1. The lowest BCUT2D eigenvalue weighted by Gasteiger charge is -2.03. The second-order valence-electron chi connectivity index (χ2n) is 7.43. The monoisotopic (exact) mass is 449 g/mol. The predicted molar refractivity (Wildman–Crippen MR) is 113 cm³/mol. The lowest BCUT2D eigenvalue weighted by molar-refractivity contribution is 0.283. The quantitative estimate of drug-likeness (QED) is 0.428. The summed E-state index contributed by atoms with van der Waals surface area (Å²) >= 11 is 0. The van der Waals surface area contributed by atoms with E-state index in [1.54, 1.807) is 18.3 Å². The van der Waals surface area contributed by atoms with Gasteiger partial charge in [0.05, 0.1) is 12.3 Å². The molecule has 0 saturated carbocycles. The van der Waals surface area contributed by atoms with Gasteiger partial charge in [0.2, 0.25) is 5.89 Å². The van der Waals surface area contributed by atoms with Crippen molar-refractivity contribution < 1.29 is 18.4 Å². The number of hydrogen-bond donors (Lipinski definition) is 1. The van der Waals surface area contributed by atoms with Crippen LogP contribution in [-0.2, 0) is 19.6 Å². The Kier molecular flexibility index (Phi) is 5.27. The summed E-state index contributed by atoms with van der Waals surface area (Å²) in [5, 5.41) is 18.2. The Bertz CT molecular complexity index is 1510. The predicted octanol–water partition coefficient (Wildman–Crippen LogP) is 2.96. The molecule has 0 bridgehead atoms. The van der Waals surface area contributed by atoms with Gasteiger partial charge in [-0.2, -0.15) is 10.1 Å². The topological polar surface area (TPSA) is 98.4 Å². The molecule has 0 amide bonds. The van der Waals surface area contributed by atoms with Gasteiger partial charge in [-0.3, -0.25) is 4.79 Å². The third-order valence-corrected chi connectivity index (χ3v) is 5.20. The minimum absolute atomic E-state index is 0.00736. The summed E-state index contributed by atoms with van der Waals surface area (Å²) in [6, 6.07) is 11.7. The van der Waals surface area contributed by atoms with E-state index in [0.29, 0.717) is 28.2 Å². The van der Waals surface area contributed by atoms with Crippen LogP contribution < -0.4 is 5.56 Å². The van der Waals surface area contributed by atoms with E-state index in [0.717, 1.165) is 0 Å². The Balaban J connectivity index is 1.46. The van der Waals surface area contributed by atoms with Crippen LogP contribution in [0.1, 0.15) is 22.8 Å². The Morgan fingerprint density at radius 3 is 2.61 bits per heavy atom. The zero-order valence-corrected chi connectivity index (χ0v) is 17.2. The van der Waals surface area contributed by atoms with Crippen molar-refractivity contribution in [1.29, 1.82) is 0 Å². The molecule has 10 heteroatoms. The zero-order chi connectivity index (χ0) is 22.9. The third-order valence-electron chi connectivity index (χ3n) is 5.20. The van der Waals surface area contributed by atoms with Crippen molar-refractivity contribution in [3.63, 3.8) is 0 Å². The number of fused-ring (bicyclic) bond motifs is 1. The lowest BCUT2D eigenvalue weighted by Crippen LogP contribution is -2.22. The molecule has 1 N–H and O–H groups in total. The van der Waals surface area contributed by atoms with Crippen molar-refractivity contribution in [2.24, 2.45) is 0 Å². The molecule has 0 aliphatic carbocycles. The number of aromatic nitrogens is 5. The van der Waals surface area contributed by atoms with Crippen molar-refractivity contribution in [3.8, 4) is 11.3 Å². The van der Waals surface area contributed by atoms with Crippen molar-refractivity contribution in [2.45, 2.75) is 19.6 Å². The first kappa shape index (κ1) is 20.7. The maximum absolute atomic E-state index is 13.4. The van der Waals surface area contributed by atoms with Crippen LogP contribution in [0.3, 0.4) is 0 Å². The summed E-state index contributed by atoms with van der Waals surface area (Å²) in [7, 11) is 0. The molecular formula is C23H17F2N5O3. The molecule has 166 valence electrons. The zero-order valence-electron chi connectivity index (χ0n) is 17.2. The van der Waals surface area contributed by atoms with Crippen LogP contribution in [-0.4, -0.2) is 29.4 Å². The smallest absolute Gasteiger partial charge is 0.277 e. The van der Waals surface area contributed by atoms with Crippen LogP contribution in [0.5, 0.6) is 0 Å². The molecule has 5 rings (SSSR count). The van der Waals surface area contributed by atoms with Gasteiger partial charge in [0.15, 0.2) is 5.82 Å². The van der Waals surface area contributed by atoms with E-state index in [-0.39, 0.29) is 30.2 Å². The number of hydrogen-bond acceptors (Lipinski definition) is 6. The second-order valence-corrected chi connectivity index (χ2v) is 7.43. The van der Waals surface area contributed by atoms with Gasteiger partial charge in [0, 0.05) is 29.9 Å². The van der Waals surface area contributed by atoms with Gasteiger partial charge in [0.1, 0.15) is 23.7 Å². The Morgan fingerprint density at radius 1 is 1.03 bits per heavy atom. The molecule has 8 nitrogen and oxygen atoms in total. The summed E-state index contributed by atoms with van der Waals surface area (Å²) in [6.07, 6.45) is 3.38. The molecule has 0 spiro atoms. The van der Waals surface area contributed by atoms with E-state index in [9.17, 15) is 18.7 Å². The molecule has 33 heavy (non-hydrogen) atoms. The van der Waals surface area contributed by atoms with E-state index in [1.807, 2.05) is 0 Å². The van der Waals surface area contributed by atoms with Crippen LogP contribution in [0.15, 0.2) is 70.2 Å². The third kappa shape index (κ3) is 4.03. The van der Waals surface area contributed by atoms with Crippen LogP contribution in [0.4, 0.5) is 8.78 Å². The highest BCUT2D eigenvalue weighted by molar-refractivity contribution is 5.72. The van der Waals surface area contributed by atoms with Crippen LogP contribution in [0, 0.1) is 11.6 Å². The normalized spacial score (nSPS) is 11.4. The summed E-state index contributed by atoms with van der Waals surface area (Å²) in [5.74, 6) is -0.177. The minimum Gasteiger partial charge on any atom is -0.392 e. The first-order valence-corrected chi connectivity index (χ1v) is 10.0. The number of nitrogens with zero attached hydrogens (tertiary/aromatic N) is 5. The van der Waals surface area contributed by atoms with Crippen molar-refractivity contribution in [2.75, 3.05) is 0 Å². The van der Waals surface area contributed by atoms with Crippen LogP contribution >= 0.6 is 0 Å². The van der Waals surface area contributed by atoms with E-state index >= 15 is 0 Å². The van der Waals surface area contributed by atoms with Crippen molar-refractivity contribution >= 4 is 5.52 Å². The molecule has 0 saturated heterocycles. The average Bonchev–Trinajstić information content (AvgIpc) is 3.40. The van der Waals surface area contributed by atoms with Gasteiger partial charge in [-0.05, 0) is 42.0 Å². The van der Waals surface area contributed by atoms with Gasteiger partial charge in [-0.15, -0.1) is 0 Å². The Morgan fingerprint density at radius 2 is 1.85 bits per heavy atom. The van der Waals surface area contributed by atoms with Gasteiger partial charge < -0.3 is 14.2 Å². The molecule has 5 aromatic rings. The fourth-order valence-electron chi connectivity index (χ4n) is 3.67. The summed E-state index contributed by atoms with van der Waals surface area (Å²) in [5.41, 5.74) is 1.78. The molecule has 0 aliphatic heterocycles. The van der Waals surface area contributed by atoms with Gasteiger partial charge >= 0.3 is 0 Å². The Labute approximate surface area is 185 Å². The van der Waals surface area contributed by atoms with Gasteiger partial charge in [-0.1, -0.05) is 17.3 Å². The van der Waals surface area contributed by atoms with Crippen LogP contribution in [0.25, 0.3) is 16.8 Å². The highest BCUT2D eigenvalue weighted by Crippen LogP contribution is 2.25. The van der Waals surface area contributed by atoms with Crippen molar-refractivity contribution in [1.82, 2.24) is 24.3 Å². The molecule has 3 aromatic heterocycles. The number of aliphatic hydroxyl groups is 1. The van der Waals surface area contributed by atoms with Crippen LogP contribution in [0.2, 0.25) is 0 Å². The standard InChI is InChI=1S/C23H17F2N5O3/c24-16-6-4-15(5-7-16)21-18(13-31)22-23(32)29(8-9-30(22)27-21)12-20-26-19(28-33-20)11-14-2-1-3-17(25)10-14/h1-10,31H,11-13H2. The van der Waals surface area contributed by atoms with E-state index in [1.165, 1.54) is 51.7 Å². The molecular weight excluding hydrogens is 432 g/mol. The number of benzene rings is 2. The SMILES string of the molecule is O=c1c2c(CO)c(-c3ccc(F)cc3)nn2ccn1Cc1nc(Cc2cccc(F)c2)no1. The summed E-state index contributed by atoms with van der Waals surface area (Å²) < 4.78 is 34.7. The summed E-state index contributed by atoms with van der Waals surface area (Å²) in [4.78, 5) is 17.4. The van der Waals surface area contributed by atoms with Crippen molar-refractivity contribution in [3.05, 3.63) is 106 Å². The number of rotatable bonds is 6. The maximum atomic E-state index is 13.4. The molecule has 3 heterocycles. The minimum atomic E-state index is -0.423. The molecule has 0 unspecified atom stereocenters. The fraction of sp³-hybridized carbons (Fsp3) is 0.130. The van der Waals surface area contributed by atoms with E-state index in [2.05, 4.69) is 15.2 Å². The average molecular weight is 449 g/mol. The maximum Gasteiger partial charge on any atom is 0.277 e. The summed E-state index contributed by atoms with van der Waals surface area (Å²) in [6.45, 7) is -0.415. The van der Waals surface area contributed by atoms with E-state index in [4.69, 9.17) is 4.52 Å². The largest absolute Gasteiger partial charge is 0.392 e. The molecule has 2 aromatic carbocycles. The second kappa shape index (κ2) is 8.40. The highest BCUT2D eigenvalue weighted by Gasteiger charge is 2.19. The lowest BCUT2D eigenvalue weighted by atomic mass is 10.1. The molecule has 0 atom stereocenters.